The predicted molar refractivity (Wildman–Crippen MR) is 95.3 cm³/mol. The highest BCUT2D eigenvalue weighted by Crippen LogP contribution is 2.40. The molecular weight excluding hydrogens is 272 g/mol. The van der Waals surface area contributed by atoms with Gasteiger partial charge in [-0.15, -0.1) is 11.3 Å². The maximum absolute atomic E-state index is 2.40. The van der Waals surface area contributed by atoms with Gasteiger partial charge in [0.05, 0.1) is 0 Å². The van der Waals surface area contributed by atoms with Gasteiger partial charge in [-0.3, -0.25) is 0 Å². The monoisotopic (exact) mass is 294 g/mol. The third kappa shape index (κ3) is 2.63. The molecule has 3 aromatic rings. The molecule has 0 aliphatic carbocycles. The van der Waals surface area contributed by atoms with Crippen LogP contribution in [0.5, 0.6) is 0 Å². The van der Waals surface area contributed by atoms with Crippen molar-refractivity contribution in [2.24, 2.45) is 0 Å². The molecule has 0 aliphatic heterocycles. The maximum atomic E-state index is 2.40. The first-order valence-electron chi connectivity index (χ1n) is 7.62. The molecule has 0 bridgehead atoms. The van der Waals surface area contributed by atoms with Crippen LogP contribution in [0.1, 0.15) is 38.1 Å². The van der Waals surface area contributed by atoms with Crippen molar-refractivity contribution in [3.63, 3.8) is 0 Å². The quantitative estimate of drug-likeness (QED) is 0.511. The van der Waals surface area contributed by atoms with Gasteiger partial charge in [-0.1, -0.05) is 64.1 Å². The highest BCUT2D eigenvalue weighted by Gasteiger charge is 2.18. The molecule has 21 heavy (non-hydrogen) atoms. The van der Waals surface area contributed by atoms with Crippen molar-refractivity contribution in [2.45, 2.75) is 39.5 Å². The van der Waals surface area contributed by atoms with Crippen LogP contribution < -0.4 is 0 Å². The summed E-state index contributed by atoms with van der Waals surface area (Å²) in [7, 11) is 0. The molecule has 0 amide bonds. The zero-order valence-electron chi connectivity index (χ0n) is 13.2. The van der Waals surface area contributed by atoms with Crippen LogP contribution in [0.4, 0.5) is 0 Å². The third-order valence-corrected chi connectivity index (χ3v) is 5.33. The molecule has 2 aromatic carbocycles. The summed E-state index contributed by atoms with van der Waals surface area (Å²) in [5.74, 6) is 0. The molecule has 0 saturated carbocycles. The number of aryl methyl sites for hydroxylation is 1. The van der Waals surface area contributed by atoms with Crippen LogP contribution in [0.2, 0.25) is 0 Å². The van der Waals surface area contributed by atoms with Crippen LogP contribution in [-0.2, 0) is 11.8 Å². The third-order valence-electron chi connectivity index (χ3n) is 4.01. The number of hydrogen-bond acceptors (Lipinski definition) is 1. The van der Waals surface area contributed by atoms with E-state index in [-0.39, 0.29) is 5.41 Å². The standard InChI is InChI=1S/C20H22S/c1-5-17-19(14-9-7-6-8-10-14)16-13-15(20(2,3)4)11-12-18(16)21-17/h6-13H,5H2,1-4H3. The van der Waals surface area contributed by atoms with E-state index in [1.54, 1.807) is 0 Å². The largest absolute Gasteiger partial charge is 0.140 e. The van der Waals surface area contributed by atoms with E-state index in [9.17, 15) is 0 Å². The molecule has 0 radical (unpaired) electrons. The highest BCUT2D eigenvalue weighted by atomic mass is 32.1. The van der Waals surface area contributed by atoms with Crippen molar-refractivity contribution in [1.82, 2.24) is 0 Å². The van der Waals surface area contributed by atoms with Gasteiger partial charge in [0, 0.05) is 20.5 Å². The Morgan fingerprint density at radius 2 is 1.67 bits per heavy atom. The Morgan fingerprint density at radius 1 is 0.952 bits per heavy atom. The fraction of sp³-hybridized carbons (Fsp3) is 0.300. The van der Waals surface area contributed by atoms with E-state index in [4.69, 9.17) is 0 Å². The first-order valence-corrected chi connectivity index (χ1v) is 8.43. The molecule has 0 spiro atoms. The number of thiophene rings is 1. The average molecular weight is 294 g/mol. The molecule has 1 heteroatoms. The summed E-state index contributed by atoms with van der Waals surface area (Å²) in [5.41, 5.74) is 4.37. The molecule has 0 nitrogen and oxygen atoms in total. The van der Waals surface area contributed by atoms with Crippen LogP contribution in [-0.4, -0.2) is 0 Å². The van der Waals surface area contributed by atoms with E-state index >= 15 is 0 Å². The first-order chi connectivity index (χ1) is 10.0. The smallest absolute Gasteiger partial charge is 0.0352 e. The minimum Gasteiger partial charge on any atom is -0.140 e. The zero-order chi connectivity index (χ0) is 15.0. The van der Waals surface area contributed by atoms with Gasteiger partial charge in [0.25, 0.3) is 0 Å². The summed E-state index contributed by atoms with van der Waals surface area (Å²) in [6.45, 7) is 9.10. The lowest BCUT2D eigenvalue weighted by Crippen LogP contribution is -2.10. The molecular formula is C20H22S. The second-order valence-electron chi connectivity index (χ2n) is 6.58. The summed E-state index contributed by atoms with van der Waals surface area (Å²) in [6, 6.07) is 17.8. The Hall–Kier alpha value is -1.60. The van der Waals surface area contributed by atoms with Gasteiger partial charge in [0.2, 0.25) is 0 Å². The van der Waals surface area contributed by atoms with E-state index in [1.807, 2.05) is 11.3 Å². The number of hydrogen-bond donors (Lipinski definition) is 0. The Kier molecular flexibility index (Phi) is 3.62. The van der Waals surface area contributed by atoms with Gasteiger partial charge >= 0.3 is 0 Å². The van der Waals surface area contributed by atoms with E-state index in [0.717, 1.165) is 6.42 Å². The number of rotatable bonds is 2. The fourth-order valence-corrected chi connectivity index (χ4v) is 3.93. The first kappa shape index (κ1) is 14.3. The topological polar surface area (TPSA) is 0 Å². The van der Waals surface area contributed by atoms with Crippen molar-refractivity contribution in [3.8, 4) is 11.1 Å². The van der Waals surface area contributed by atoms with Crippen molar-refractivity contribution in [1.29, 1.82) is 0 Å². The van der Waals surface area contributed by atoms with Gasteiger partial charge in [-0.2, -0.15) is 0 Å². The van der Waals surface area contributed by atoms with E-state index in [2.05, 4.69) is 76.2 Å². The predicted octanol–water partition coefficient (Wildman–Crippen LogP) is 6.43. The summed E-state index contributed by atoms with van der Waals surface area (Å²) < 4.78 is 1.40. The molecule has 0 fully saturated rings. The molecule has 3 rings (SSSR count). The van der Waals surface area contributed by atoms with Crippen LogP contribution in [0.3, 0.4) is 0 Å². The minimum absolute atomic E-state index is 0.191. The maximum Gasteiger partial charge on any atom is 0.0352 e. The Bertz CT molecular complexity index is 758. The summed E-state index contributed by atoms with van der Waals surface area (Å²) >= 11 is 1.94. The highest BCUT2D eigenvalue weighted by molar-refractivity contribution is 7.19. The van der Waals surface area contributed by atoms with Crippen molar-refractivity contribution < 1.29 is 0 Å². The van der Waals surface area contributed by atoms with Gasteiger partial charge < -0.3 is 0 Å². The van der Waals surface area contributed by atoms with Crippen LogP contribution in [0.25, 0.3) is 21.2 Å². The lowest BCUT2D eigenvalue weighted by atomic mass is 9.86. The molecule has 0 saturated heterocycles. The fourth-order valence-electron chi connectivity index (χ4n) is 2.79. The Balaban J connectivity index is 2.30. The molecule has 0 unspecified atom stereocenters. The second-order valence-corrected chi connectivity index (χ2v) is 7.72. The molecule has 0 N–H and O–H groups in total. The zero-order valence-corrected chi connectivity index (χ0v) is 14.1. The molecule has 1 aromatic heterocycles. The Labute approximate surface area is 131 Å². The summed E-state index contributed by atoms with van der Waals surface area (Å²) in [5, 5.41) is 1.41. The molecule has 0 aliphatic rings. The van der Waals surface area contributed by atoms with Crippen molar-refractivity contribution >= 4 is 21.4 Å². The summed E-state index contributed by atoms with van der Waals surface area (Å²) in [4.78, 5) is 1.49. The molecule has 1 heterocycles. The van der Waals surface area contributed by atoms with Crippen LogP contribution in [0.15, 0.2) is 48.5 Å². The van der Waals surface area contributed by atoms with Gasteiger partial charge in [0.15, 0.2) is 0 Å². The van der Waals surface area contributed by atoms with Crippen LogP contribution in [0, 0.1) is 0 Å². The normalized spacial score (nSPS) is 12.0. The minimum atomic E-state index is 0.191. The van der Waals surface area contributed by atoms with Gasteiger partial charge in [0.1, 0.15) is 0 Å². The lowest BCUT2D eigenvalue weighted by Gasteiger charge is -2.19. The number of benzene rings is 2. The SMILES string of the molecule is CCc1sc2ccc(C(C)(C)C)cc2c1-c1ccccc1. The number of fused-ring (bicyclic) bond motifs is 1. The molecule has 0 atom stereocenters. The average Bonchev–Trinajstić information content (AvgIpc) is 2.84. The lowest BCUT2D eigenvalue weighted by molar-refractivity contribution is 0.591. The van der Waals surface area contributed by atoms with E-state index < -0.39 is 0 Å². The van der Waals surface area contributed by atoms with Gasteiger partial charge in [-0.25, -0.2) is 0 Å². The van der Waals surface area contributed by atoms with E-state index in [0.29, 0.717) is 0 Å². The van der Waals surface area contributed by atoms with Gasteiger partial charge in [-0.05, 0) is 35.1 Å². The Morgan fingerprint density at radius 3 is 2.29 bits per heavy atom. The molecule has 108 valence electrons. The second kappa shape index (κ2) is 5.31. The van der Waals surface area contributed by atoms with Crippen molar-refractivity contribution in [2.75, 3.05) is 0 Å². The van der Waals surface area contributed by atoms with Crippen molar-refractivity contribution in [3.05, 3.63) is 59.0 Å². The summed E-state index contributed by atoms with van der Waals surface area (Å²) in [6.07, 6.45) is 1.09. The van der Waals surface area contributed by atoms with E-state index in [1.165, 1.54) is 31.7 Å². The van der Waals surface area contributed by atoms with Crippen LogP contribution >= 0.6 is 11.3 Å².